The summed E-state index contributed by atoms with van der Waals surface area (Å²) in [6, 6.07) is 14.8. The number of carbonyl (C=O) groups excluding carboxylic acids is 7. The average Bonchev–Trinajstić information content (AvgIpc) is 0.783. The molecule has 5 saturated carbocycles. The van der Waals surface area contributed by atoms with E-state index in [-0.39, 0.29) is 54.8 Å². The molecule has 2 amide bonds. The van der Waals surface area contributed by atoms with Crippen LogP contribution in [0.25, 0.3) is 0 Å². The first-order chi connectivity index (χ1) is 47.9. The second kappa shape index (κ2) is 31.0. The Bertz CT molecular complexity index is 3520. The van der Waals surface area contributed by atoms with Gasteiger partial charge in [0.15, 0.2) is 5.60 Å². The van der Waals surface area contributed by atoms with Crippen LogP contribution in [-0.4, -0.2) is 132 Å². The van der Waals surface area contributed by atoms with E-state index in [9.17, 15) is 38.5 Å². The Labute approximate surface area is 603 Å². The number of carbonyl (C=O) groups is 7. The summed E-state index contributed by atoms with van der Waals surface area (Å²) >= 11 is 0. The standard InChI is InChI=1S/C80H115N2O19P/c1-47(2)23-22-24-48(3)58-31-32-59-57-30-29-55-44-56(35-37-76(55,13)60(57)36-38-77(58,59)14)93-41-42-96-102(91,92)95-40-39-81-63(84)33-34-64(85)98-67(66(53-25-18-16-19-26-53)82-73(89)101-74(8,9)10)72(88)97-61-45-80(90)70(99-71(87)54-27-20-17-21-28-54)68-78(15,69(86)51(6)65(50(61)5)75(80,11)12)49(4)43-62-79(68,46-94-62)100-52(7)83/h16-21,25-29,47-49,51,56-62,66-68,70,90H,22-24,30-46H2,1-15H3,(H,81,84)(H,82,89)(H,91,92)/t48-,49+,51-,56+,57?,58-,59?,60?,61+,62-,66+,67-,68+,70+,76+,77-,78-,79+,80-/m1/s1. The summed E-state index contributed by atoms with van der Waals surface area (Å²) in [7, 11) is -4.58. The minimum absolute atomic E-state index is 0.0318. The molecule has 7 aliphatic carbocycles. The fourth-order valence-electron chi connectivity index (χ4n) is 20.5. The van der Waals surface area contributed by atoms with E-state index in [1.54, 1.807) is 116 Å². The molecule has 0 radical (unpaired) electrons. The highest BCUT2D eigenvalue weighted by Gasteiger charge is 2.77. The molecule has 6 fully saturated rings. The Morgan fingerprint density at radius 2 is 1.52 bits per heavy atom. The van der Waals surface area contributed by atoms with Crippen LogP contribution in [0.4, 0.5) is 4.79 Å². The largest absolute Gasteiger partial charge is 0.472 e. The van der Waals surface area contributed by atoms with Crippen molar-refractivity contribution in [3.8, 4) is 0 Å². The van der Waals surface area contributed by atoms with Crippen LogP contribution in [0.5, 0.6) is 0 Å². The van der Waals surface area contributed by atoms with Crippen molar-refractivity contribution >= 4 is 49.5 Å². The molecule has 2 bridgehead atoms. The molecule has 4 unspecified atom stereocenters. The lowest BCUT2D eigenvalue weighted by Gasteiger charge is -2.68. The number of esters is 4. The van der Waals surface area contributed by atoms with Crippen LogP contribution in [0.2, 0.25) is 0 Å². The van der Waals surface area contributed by atoms with Gasteiger partial charge >= 0.3 is 37.8 Å². The summed E-state index contributed by atoms with van der Waals surface area (Å²) in [5.41, 5.74) is -4.45. The normalized spacial score (nSPS) is 34.5. The summed E-state index contributed by atoms with van der Waals surface area (Å²) in [6.45, 7) is 28.0. The predicted octanol–water partition coefficient (Wildman–Crippen LogP) is 13.8. The zero-order chi connectivity index (χ0) is 74.3. The van der Waals surface area contributed by atoms with Crippen LogP contribution >= 0.6 is 7.82 Å². The Hall–Kier alpha value is -5.80. The van der Waals surface area contributed by atoms with Gasteiger partial charge in [-0.3, -0.25) is 28.2 Å². The number of hydrogen-bond donors (Lipinski definition) is 4. The van der Waals surface area contributed by atoms with Gasteiger partial charge in [-0.05, 0) is 167 Å². The highest BCUT2D eigenvalue weighted by atomic mass is 31.2. The number of phosphoric acid groups is 1. The smallest absolute Gasteiger partial charge is 0.455 e. The molecule has 8 aliphatic rings. The number of aliphatic hydroxyl groups is 1. The van der Waals surface area contributed by atoms with E-state index in [2.05, 4.69) is 51.3 Å². The Morgan fingerprint density at radius 3 is 2.18 bits per heavy atom. The fraction of sp³-hybridized carbons (Fsp3) is 0.713. The number of alkyl carbamates (subject to hydrolysis) is 1. The number of phosphoric ester groups is 1. The third-order valence-corrected chi connectivity index (χ3v) is 26.8. The van der Waals surface area contributed by atoms with Gasteiger partial charge in [-0.1, -0.05) is 149 Å². The number of hydrogen-bond acceptors (Lipinski definition) is 18. The maximum atomic E-state index is 15.8. The van der Waals surface area contributed by atoms with Gasteiger partial charge in [0.05, 0.1) is 50.4 Å². The van der Waals surface area contributed by atoms with Crippen molar-refractivity contribution in [1.82, 2.24) is 10.6 Å². The Morgan fingerprint density at radius 1 is 0.833 bits per heavy atom. The van der Waals surface area contributed by atoms with Crippen LogP contribution in [-0.2, 0) is 70.7 Å². The minimum Gasteiger partial charge on any atom is -0.455 e. The summed E-state index contributed by atoms with van der Waals surface area (Å²) in [5, 5.41) is 19.4. The molecule has 10 rings (SSSR count). The van der Waals surface area contributed by atoms with Crippen molar-refractivity contribution in [2.45, 2.75) is 254 Å². The topological polar surface area (TPSA) is 284 Å². The SMILES string of the molecule is CC(=O)O[C@@]12CO[C@@H]1C[C@H](C)[C@@]1(C)C(=O)[C@H](C)C3=C(C)[C@@H](OC(=O)[C@H](OC(=O)CCC(=O)NCCOP(=O)(O)OCCO[C@H]4CC[C@@]5(C)C(=CCC6C5CC[C@@]5(C)C6CC[C@@H]5[C@H](C)CCCC(C)C)C4)[C@@H](NC(=O)OC(C)(C)C)c4ccccc4)C[C@@](O)([C@@H](OC(=O)c4ccccc4)[C@H]21)C3(C)C. The fourth-order valence-corrected chi connectivity index (χ4v) is 21.2. The molecule has 2 aromatic carbocycles. The summed E-state index contributed by atoms with van der Waals surface area (Å²) in [5.74, 6) is -2.94. The van der Waals surface area contributed by atoms with E-state index >= 15 is 9.59 Å². The van der Waals surface area contributed by atoms with Crippen LogP contribution in [0.15, 0.2) is 83.5 Å². The highest BCUT2D eigenvalue weighted by molar-refractivity contribution is 7.47. The minimum atomic E-state index is -4.58. The molecule has 0 spiro atoms. The van der Waals surface area contributed by atoms with Gasteiger partial charge < -0.3 is 53.8 Å². The van der Waals surface area contributed by atoms with Crippen molar-refractivity contribution in [3.05, 3.63) is 94.6 Å². The van der Waals surface area contributed by atoms with Gasteiger partial charge in [0.2, 0.25) is 12.0 Å². The molecular formula is C80H115N2O19P. The van der Waals surface area contributed by atoms with E-state index in [0.29, 0.717) is 28.9 Å². The van der Waals surface area contributed by atoms with E-state index in [4.69, 9.17) is 42.2 Å². The van der Waals surface area contributed by atoms with Crippen molar-refractivity contribution in [2.75, 3.05) is 33.0 Å². The van der Waals surface area contributed by atoms with Gasteiger partial charge in [0, 0.05) is 43.1 Å². The van der Waals surface area contributed by atoms with E-state index in [1.165, 1.54) is 57.4 Å². The van der Waals surface area contributed by atoms with Crippen molar-refractivity contribution in [3.63, 3.8) is 0 Å². The van der Waals surface area contributed by atoms with E-state index in [0.717, 1.165) is 55.3 Å². The first-order valence-corrected chi connectivity index (χ1v) is 39.1. The number of ketones is 1. The summed E-state index contributed by atoms with van der Waals surface area (Å²) in [4.78, 5) is 111. The molecule has 102 heavy (non-hydrogen) atoms. The molecule has 564 valence electrons. The molecule has 20 atom stereocenters. The molecule has 4 N–H and O–H groups in total. The Kier molecular flexibility index (Phi) is 23.9. The molecular weight excluding hydrogens is 1320 g/mol. The van der Waals surface area contributed by atoms with Crippen LogP contribution in [0.3, 0.4) is 0 Å². The molecule has 1 heterocycles. The number of benzene rings is 2. The first kappa shape index (κ1) is 78.8. The molecule has 2 aromatic rings. The molecule has 1 saturated heterocycles. The Balaban J connectivity index is 0.782. The highest BCUT2D eigenvalue weighted by Crippen LogP contribution is 2.69. The maximum Gasteiger partial charge on any atom is 0.472 e. The van der Waals surface area contributed by atoms with E-state index < -0.39 is 145 Å². The molecule has 22 heteroatoms. The molecule has 0 aromatic heterocycles. The second-order valence-corrected chi connectivity index (χ2v) is 35.2. The van der Waals surface area contributed by atoms with E-state index in [1.807, 2.05) is 6.92 Å². The maximum absolute atomic E-state index is 15.8. The second-order valence-electron chi connectivity index (χ2n) is 33.8. The van der Waals surface area contributed by atoms with Crippen LogP contribution < -0.4 is 10.6 Å². The first-order valence-electron chi connectivity index (χ1n) is 37.6. The van der Waals surface area contributed by atoms with Crippen LogP contribution in [0.1, 0.15) is 222 Å². The van der Waals surface area contributed by atoms with Crippen molar-refractivity contribution in [1.29, 1.82) is 0 Å². The number of ether oxygens (including phenoxy) is 7. The monoisotopic (exact) mass is 1440 g/mol. The van der Waals surface area contributed by atoms with Gasteiger partial charge in [-0.15, -0.1) is 0 Å². The number of Topliss-reactive ketones (excluding diaryl/α,β-unsaturated/α-hetero) is 1. The van der Waals surface area contributed by atoms with Gasteiger partial charge in [-0.2, -0.15) is 0 Å². The number of amides is 2. The lowest BCUT2D eigenvalue weighted by molar-refractivity contribution is -0.339. The average molecular weight is 1440 g/mol. The molecule has 21 nitrogen and oxygen atoms in total. The van der Waals surface area contributed by atoms with Gasteiger partial charge in [0.25, 0.3) is 0 Å². The van der Waals surface area contributed by atoms with Crippen LogP contribution in [0, 0.1) is 74.9 Å². The van der Waals surface area contributed by atoms with Gasteiger partial charge in [-0.25, -0.2) is 18.9 Å². The third-order valence-electron chi connectivity index (χ3n) is 25.8. The van der Waals surface area contributed by atoms with Crippen molar-refractivity contribution < 1.29 is 90.3 Å². The summed E-state index contributed by atoms with van der Waals surface area (Å²) in [6.07, 6.45) is 7.60. The zero-order valence-electron chi connectivity index (χ0n) is 62.9. The number of allylic oxidation sites excluding steroid dienone is 1. The number of fused-ring (bicyclic) bond motifs is 10. The number of nitrogens with one attached hydrogen (secondary N) is 2. The van der Waals surface area contributed by atoms with Crippen molar-refractivity contribution in [2.24, 2.45) is 74.9 Å². The zero-order valence-corrected chi connectivity index (χ0v) is 63.8. The quantitative estimate of drug-likeness (QED) is 0.0224. The predicted molar refractivity (Wildman–Crippen MR) is 381 cm³/mol. The number of rotatable bonds is 26. The lowest BCUT2D eigenvalue weighted by atomic mass is 9.42. The summed E-state index contributed by atoms with van der Waals surface area (Å²) < 4.78 is 67.1. The van der Waals surface area contributed by atoms with Gasteiger partial charge in [0.1, 0.15) is 41.3 Å². The third kappa shape index (κ3) is 15.9. The molecule has 1 aliphatic heterocycles. The lowest BCUT2D eigenvalue weighted by Crippen LogP contribution is -2.80.